The van der Waals surface area contributed by atoms with Gasteiger partial charge in [-0.3, -0.25) is 0 Å². The molecule has 3 nitrogen and oxygen atoms in total. The Bertz CT molecular complexity index is 459. The van der Waals surface area contributed by atoms with Crippen LogP contribution in [0.1, 0.15) is 5.56 Å². The Labute approximate surface area is 102 Å². The Kier molecular flexibility index (Phi) is 4.32. The second kappa shape index (κ2) is 5.54. The molecule has 0 bridgehead atoms. The number of methoxy groups -OCH3 is 3. The first kappa shape index (κ1) is 14.0. The summed E-state index contributed by atoms with van der Waals surface area (Å²) in [6.45, 7) is 0. The van der Waals surface area contributed by atoms with Gasteiger partial charge in [0.1, 0.15) is 0 Å². The van der Waals surface area contributed by atoms with Crippen molar-refractivity contribution in [2.45, 2.75) is 6.18 Å². The molecule has 0 unspecified atom stereocenters. The summed E-state index contributed by atoms with van der Waals surface area (Å²) in [6.07, 6.45) is -4.54. The van der Waals surface area contributed by atoms with Gasteiger partial charge < -0.3 is 14.2 Å². The molecule has 0 saturated heterocycles. The SMILES string of the molecule is COc1cc(C#CC(F)(F)F)cc(OC)c1OC. The number of halogens is 3. The van der Waals surface area contributed by atoms with Crippen LogP contribution < -0.4 is 14.2 Å². The van der Waals surface area contributed by atoms with Gasteiger partial charge in [-0.1, -0.05) is 5.92 Å². The van der Waals surface area contributed by atoms with Crippen LogP contribution in [0, 0.1) is 11.8 Å². The van der Waals surface area contributed by atoms with E-state index in [1.807, 2.05) is 5.92 Å². The highest BCUT2D eigenvalue weighted by atomic mass is 19.4. The van der Waals surface area contributed by atoms with Crippen molar-refractivity contribution in [2.24, 2.45) is 0 Å². The predicted octanol–water partition coefficient (Wildman–Crippen LogP) is 2.63. The molecule has 1 aromatic carbocycles. The second-order valence-corrected chi connectivity index (χ2v) is 3.16. The molecule has 0 radical (unpaired) electrons. The van der Waals surface area contributed by atoms with Crippen molar-refractivity contribution in [1.82, 2.24) is 0 Å². The van der Waals surface area contributed by atoms with Crippen LogP contribution in [0.3, 0.4) is 0 Å². The van der Waals surface area contributed by atoms with E-state index in [0.717, 1.165) is 0 Å². The summed E-state index contributed by atoms with van der Waals surface area (Å²) in [5.74, 6) is 3.98. The number of rotatable bonds is 3. The molecule has 0 spiro atoms. The Morgan fingerprint density at radius 3 is 1.78 bits per heavy atom. The Balaban J connectivity index is 3.26. The Morgan fingerprint density at radius 1 is 0.944 bits per heavy atom. The van der Waals surface area contributed by atoms with Gasteiger partial charge in [0, 0.05) is 11.5 Å². The zero-order chi connectivity index (χ0) is 13.8. The van der Waals surface area contributed by atoms with Gasteiger partial charge in [0.2, 0.25) is 5.75 Å². The summed E-state index contributed by atoms with van der Waals surface area (Å²) >= 11 is 0. The summed E-state index contributed by atoms with van der Waals surface area (Å²) in [4.78, 5) is 0. The zero-order valence-electron chi connectivity index (χ0n) is 10.0. The van der Waals surface area contributed by atoms with Gasteiger partial charge in [-0.05, 0) is 12.1 Å². The fourth-order valence-corrected chi connectivity index (χ4v) is 1.30. The average Bonchev–Trinajstić information content (AvgIpc) is 2.33. The lowest BCUT2D eigenvalue weighted by atomic mass is 10.2. The first-order valence-corrected chi connectivity index (χ1v) is 4.81. The van der Waals surface area contributed by atoms with Crippen LogP contribution in [-0.2, 0) is 0 Å². The molecule has 1 rings (SSSR count). The van der Waals surface area contributed by atoms with E-state index in [0.29, 0.717) is 5.75 Å². The molecule has 0 amide bonds. The van der Waals surface area contributed by atoms with Crippen LogP contribution in [0.5, 0.6) is 17.2 Å². The zero-order valence-corrected chi connectivity index (χ0v) is 10.0. The van der Waals surface area contributed by atoms with Crippen LogP contribution in [0.15, 0.2) is 12.1 Å². The van der Waals surface area contributed by atoms with E-state index in [1.54, 1.807) is 0 Å². The third-order valence-electron chi connectivity index (χ3n) is 2.01. The maximum atomic E-state index is 12.0. The van der Waals surface area contributed by atoms with Gasteiger partial charge >= 0.3 is 6.18 Å². The normalized spacial score (nSPS) is 10.3. The standard InChI is InChI=1S/C12H11F3O3/c1-16-9-6-8(4-5-12(13,14)15)7-10(17-2)11(9)18-3/h6-7H,1-3H3. The smallest absolute Gasteiger partial charge is 0.458 e. The topological polar surface area (TPSA) is 27.7 Å². The van der Waals surface area contributed by atoms with Crippen molar-refractivity contribution in [3.05, 3.63) is 17.7 Å². The van der Waals surface area contributed by atoms with Crippen LogP contribution >= 0.6 is 0 Å². The van der Waals surface area contributed by atoms with Crippen molar-refractivity contribution in [2.75, 3.05) is 21.3 Å². The van der Waals surface area contributed by atoms with E-state index in [2.05, 4.69) is 0 Å². The van der Waals surface area contributed by atoms with Crippen LogP contribution in [0.4, 0.5) is 13.2 Å². The highest BCUT2D eigenvalue weighted by molar-refractivity contribution is 5.57. The molecule has 0 heterocycles. The summed E-state index contributed by atoms with van der Waals surface area (Å²) < 4.78 is 51.0. The van der Waals surface area contributed by atoms with Gasteiger partial charge in [0.25, 0.3) is 0 Å². The summed E-state index contributed by atoms with van der Waals surface area (Å²) in [5.41, 5.74) is 0.127. The monoisotopic (exact) mass is 260 g/mol. The average molecular weight is 260 g/mol. The quantitative estimate of drug-likeness (QED) is 0.782. The van der Waals surface area contributed by atoms with Crippen molar-refractivity contribution in [3.8, 4) is 29.1 Å². The van der Waals surface area contributed by atoms with Crippen molar-refractivity contribution < 1.29 is 27.4 Å². The lowest BCUT2D eigenvalue weighted by Crippen LogP contribution is -2.01. The summed E-state index contributed by atoms with van der Waals surface area (Å²) in [7, 11) is 4.15. The second-order valence-electron chi connectivity index (χ2n) is 3.16. The minimum absolute atomic E-state index is 0.127. The molecule has 18 heavy (non-hydrogen) atoms. The fourth-order valence-electron chi connectivity index (χ4n) is 1.30. The van der Waals surface area contributed by atoms with Gasteiger partial charge in [-0.25, -0.2) is 0 Å². The molecule has 0 aromatic heterocycles. The molecule has 0 N–H and O–H groups in total. The molecule has 0 saturated carbocycles. The van der Waals surface area contributed by atoms with Crippen molar-refractivity contribution >= 4 is 0 Å². The third-order valence-corrected chi connectivity index (χ3v) is 2.01. The van der Waals surface area contributed by atoms with Crippen LogP contribution in [0.25, 0.3) is 0 Å². The van der Waals surface area contributed by atoms with Crippen molar-refractivity contribution in [1.29, 1.82) is 0 Å². The van der Waals surface area contributed by atoms with E-state index in [4.69, 9.17) is 14.2 Å². The number of ether oxygens (including phenoxy) is 3. The number of benzene rings is 1. The van der Waals surface area contributed by atoms with E-state index in [-0.39, 0.29) is 17.1 Å². The van der Waals surface area contributed by atoms with Gasteiger partial charge in [0.05, 0.1) is 21.3 Å². The summed E-state index contributed by atoms with van der Waals surface area (Å²) in [5, 5.41) is 0. The van der Waals surface area contributed by atoms with E-state index in [1.165, 1.54) is 39.4 Å². The Hall–Kier alpha value is -2.03. The van der Waals surface area contributed by atoms with Crippen molar-refractivity contribution in [3.63, 3.8) is 0 Å². The first-order chi connectivity index (χ1) is 8.41. The predicted molar refractivity (Wildman–Crippen MR) is 59.0 cm³/mol. The largest absolute Gasteiger partial charge is 0.493 e. The molecular weight excluding hydrogens is 249 g/mol. The molecule has 0 fully saturated rings. The molecule has 0 aliphatic carbocycles. The molecule has 0 aliphatic heterocycles. The molecule has 6 heteroatoms. The van der Waals surface area contributed by atoms with E-state index < -0.39 is 6.18 Å². The Morgan fingerprint density at radius 2 is 1.44 bits per heavy atom. The lowest BCUT2D eigenvalue weighted by molar-refractivity contribution is -0.0696. The minimum Gasteiger partial charge on any atom is -0.493 e. The highest BCUT2D eigenvalue weighted by Crippen LogP contribution is 2.37. The molecule has 0 aliphatic rings. The minimum atomic E-state index is -4.54. The fraction of sp³-hybridized carbons (Fsp3) is 0.333. The molecular formula is C12H11F3O3. The van der Waals surface area contributed by atoms with E-state index >= 15 is 0 Å². The third kappa shape index (κ3) is 3.48. The van der Waals surface area contributed by atoms with Crippen LogP contribution in [0.2, 0.25) is 0 Å². The maximum Gasteiger partial charge on any atom is 0.458 e. The molecule has 1 aromatic rings. The number of alkyl halides is 3. The molecule has 0 atom stereocenters. The number of hydrogen-bond acceptors (Lipinski definition) is 3. The van der Waals surface area contributed by atoms with Crippen LogP contribution in [-0.4, -0.2) is 27.5 Å². The molecule has 98 valence electrons. The van der Waals surface area contributed by atoms with Gasteiger partial charge in [0.15, 0.2) is 11.5 Å². The van der Waals surface area contributed by atoms with E-state index in [9.17, 15) is 13.2 Å². The lowest BCUT2D eigenvalue weighted by Gasteiger charge is -2.12. The maximum absolute atomic E-state index is 12.0. The highest BCUT2D eigenvalue weighted by Gasteiger charge is 2.23. The number of hydrogen-bond donors (Lipinski definition) is 0. The first-order valence-electron chi connectivity index (χ1n) is 4.81. The van der Waals surface area contributed by atoms with Gasteiger partial charge in [-0.2, -0.15) is 13.2 Å². The summed E-state index contributed by atoms with van der Waals surface area (Å²) in [6, 6.07) is 2.69. The van der Waals surface area contributed by atoms with Gasteiger partial charge in [-0.15, -0.1) is 0 Å².